The van der Waals surface area contributed by atoms with Crippen molar-refractivity contribution in [3.63, 3.8) is 0 Å². The van der Waals surface area contributed by atoms with Crippen molar-refractivity contribution in [2.24, 2.45) is 0 Å². The third-order valence-corrected chi connectivity index (χ3v) is 3.93. The Bertz CT molecular complexity index is 528. The van der Waals surface area contributed by atoms with Crippen molar-refractivity contribution in [1.82, 2.24) is 0 Å². The van der Waals surface area contributed by atoms with Crippen molar-refractivity contribution in [2.75, 3.05) is 17.2 Å². The number of rotatable bonds is 2. The van der Waals surface area contributed by atoms with Gasteiger partial charge in [-0.2, -0.15) is 0 Å². The number of carbonyl (C=O) groups excluding carboxylic acids is 1. The second kappa shape index (κ2) is 4.20. The number of nitrogens with two attached hydrogens (primary N) is 1. The predicted octanol–water partition coefficient (Wildman–Crippen LogP) is 1.57. The topological polar surface area (TPSA) is 83.6 Å². The lowest BCUT2D eigenvalue weighted by Crippen LogP contribution is -2.48. The van der Waals surface area contributed by atoms with E-state index < -0.39 is 10.7 Å². The summed E-state index contributed by atoms with van der Waals surface area (Å²) in [5, 5.41) is 8.91. The molecule has 0 saturated carbocycles. The highest BCUT2D eigenvalue weighted by Gasteiger charge is 2.40. The van der Waals surface area contributed by atoms with E-state index in [1.165, 1.54) is 16.7 Å². The highest BCUT2D eigenvalue weighted by molar-refractivity contribution is 8.01. The van der Waals surface area contributed by atoms with Gasteiger partial charge in [0.1, 0.15) is 6.54 Å². The van der Waals surface area contributed by atoms with Gasteiger partial charge in [-0.15, -0.1) is 11.8 Å². The van der Waals surface area contributed by atoms with Gasteiger partial charge in [0.15, 0.2) is 0 Å². The fourth-order valence-corrected chi connectivity index (χ4v) is 3.11. The molecule has 1 aliphatic rings. The molecule has 0 radical (unpaired) electrons. The second-order valence-corrected chi connectivity index (χ2v) is 6.29. The highest BCUT2D eigenvalue weighted by atomic mass is 32.2. The molecule has 1 amide bonds. The quantitative estimate of drug-likeness (QED) is 0.794. The molecule has 3 N–H and O–H groups in total. The number of carbonyl (C=O) groups is 2. The summed E-state index contributed by atoms with van der Waals surface area (Å²) in [6, 6.07) is 5.12. The van der Waals surface area contributed by atoms with Crippen LogP contribution in [-0.2, 0) is 9.59 Å². The third kappa shape index (κ3) is 2.15. The van der Waals surface area contributed by atoms with E-state index in [0.717, 1.165) is 4.90 Å². The Labute approximate surface area is 109 Å². The van der Waals surface area contributed by atoms with E-state index in [4.69, 9.17) is 10.8 Å². The molecule has 1 heterocycles. The fraction of sp³-hybridized carbons (Fsp3) is 0.333. The average Bonchev–Trinajstić information content (AvgIpc) is 2.23. The number of anilines is 2. The van der Waals surface area contributed by atoms with Crippen LogP contribution in [0.1, 0.15) is 13.8 Å². The summed E-state index contributed by atoms with van der Waals surface area (Å²) in [5.41, 5.74) is 6.93. The molecule has 0 bridgehead atoms. The molecule has 18 heavy (non-hydrogen) atoms. The van der Waals surface area contributed by atoms with E-state index in [1.807, 2.05) is 0 Å². The average molecular weight is 266 g/mol. The number of hydrogen-bond donors (Lipinski definition) is 2. The molecule has 96 valence electrons. The zero-order chi connectivity index (χ0) is 13.5. The van der Waals surface area contributed by atoms with Crippen molar-refractivity contribution in [2.45, 2.75) is 23.5 Å². The lowest BCUT2D eigenvalue weighted by molar-refractivity contribution is -0.136. The summed E-state index contributed by atoms with van der Waals surface area (Å²) < 4.78 is -0.684. The van der Waals surface area contributed by atoms with Crippen molar-refractivity contribution < 1.29 is 14.7 Å². The predicted molar refractivity (Wildman–Crippen MR) is 70.8 cm³/mol. The van der Waals surface area contributed by atoms with Crippen LogP contribution in [0.15, 0.2) is 23.1 Å². The van der Waals surface area contributed by atoms with Gasteiger partial charge in [-0.3, -0.25) is 14.5 Å². The molecule has 6 heteroatoms. The summed E-state index contributed by atoms with van der Waals surface area (Å²) >= 11 is 1.40. The van der Waals surface area contributed by atoms with Gasteiger partial charge in [0.25, 0.3) is 0 Å². The Morgan fingerprint density at radius 1 is 1.50 bits per heavy atom. The molecule has 0 spiro atoms. The van der Waals surface area contributed by atoms with Gasteiger partial charge in [0.2, 0.25) is 5.91 Å². The summed E-state index contributed by atoms with van der Waals surface area (Å²) in [4.78, 5) is 25.2. The van der Waals surface area contributed by atoms with Crippen LogP contribution in [-0.4, -0.2) is 28.3 Å². The Morgan fingerprint density at radius 3 is 2.78 bits per heavy atom. The summed E-state index contributed by atoms with van der Waals surface area (Å²) in [6.45, 7) is 3.22. The number of thioether (sulfide) groups is 1. The lowest BCUT2D eigenvalue weighted by Gasteiger charge is -2.37. The van der Waals surface area contributed by atoms with E-state index in [1.54, 1.807) is 32.0 Å². The molecule has 0 unspecified atom stereocenters. The van der Waals surface area contributed by atoms with Crippen LogP contribution in [0.5, 0.6) is 0 Å². The number of fused-ring (bicyclic) bond motifs is 1. The number of hydrogen-bond acceptors (Lipinski definition) is 4. The third-order valence-electron chi connectivity index (χ3n) is 2.69. The number of nitrogens with zero attached hydrogens (tertiary/aromatic N) is 1. The Balaban J connectivity index is 2.52. The number of aliphatic carboxylic acids is 1. The van der Waals surface area contributed by atoms with Crippen LogP contribution in [0.2, 0.25) is 0 Å². The first-order chi connectivity index (χ1) is 8.31. The highest BCUT2D eigenvalue weighted by Crippen LogP contribution is 2.45. The Hall–Kier alpha value is -1.69. The normalized spacial score (nSPS) is 17.4. The zero-order valence-electron chi connectivity index (χ0n) is 10.1. The number of carboxylic acids is 1. The maximum atomic E-state index is 12.2. The van der Waals surface area contributed by atoms with Crippen LogP contribution in [0, 0.1) is 0 Å². The number of amides is 1. The molecule has 0 aliphatic carbocycles. The standard InChI is InChI=1S/C12H14N2O3S/c1-12(2)11(17)14(6-10(15)16)8-4-3-7(13)5-9(8)18-12/h3-5H,6,13H2,1-2H3,(H,15,16). The smallest absolute Gasteiger partial charge is 0.323 e. The molecule has 2 rings (SSSR count). The number of nitrogen functional groups attached to an aromatic ring is 1. The first-order valence-electron chi connectivity index (χ1n) is 5.43. The largest absolute Gasteiger partial charge is 0.480 e. The van der Waals surface area contributed by atoms with Gasteiger partial charge in [-0.1, -0.05) is 0 Å². The van der Waals surface area contributed by atoms with E-state index in [9.17, 15) is 9.59 Å². The van der Waals surface area contributed by atoms with Crippen LogP contribution in [0.3, 0.4) is 0 Å². The lowest BCUT2D eigenvalue weighted by atomic mass is 10.1. The van der Waals surface area contributed by atoms with Gasteiger partial charge in [0.05, 0.1) is 10.4 Å². The van der Waals surface area contributed by atoms with E-state index in [0.29, 0.717) is 11.4 Å². The van der Waals surface area contributed by atoms with Crippen LogP contribution in [0.4, 0.5) is 11.4 Å². The molecule has 0 atom stereocenters. The van der Waals surface area contributed by atoms with Gasteiger partial charge in [0, 0.05) is 10.6 Å². The number of carboxylic acid groups (broad SMARTS) is 1. The fourth-order valence-electron chi connectivity index (χ4n) is 1.88. The van der Waals surface area contributed by atoms with Crippen LogP contribution >= 0.6 is 11.8 Å². The molecule has 0 saturated heterocycles. The van der Waals surface area contributed by atoms with E-state index in [2.05, 4.69) is 0 Å². The van der Waals surface area contributed by atoms with Gasteiger partial charge < -0.3 is 10.8 Å². The van der Waals surface area contributed by atoms with Gasteiger partial charge in [-0.25, -0.2) is 0 Å². The van der Waals surface area contributed by atoms with Crippen molar-refractivity contribution >= 4 is 35.0 Å². The Kier molecular flexibility index (Phi) is 2.98. The first-order valence-corrected chi connectivity index (χ1v) is 6.25. The molecule has 1 aromatic rings. The minimum Gasteiger partial charge on any atom is -0.480 e. The summed E-state index contributed by atoms with van der Waals surface area (Å²) in [7, 11) is 0. The number of benzene rings is 1. The minimum absolute atomic E-state index is 0.202. The molecular weight excluding hydrogens is 252 g/mol. The SMILES string of the molecule is CC1(C)Sc2cc(N)ccc2N(CC(=O)O)C1=O. The summed E-state index contributed by atoms with van der Waals surface area (Å²) in [6.07, 6.45) is 0. The van der Waals surface area contributed by atoms with Crippen molar-refractivity contribution in [1.29, 1.82) is 0 Å². The van der Waals surface area contributed by atoms with Crippen molar-refractivity contribution in [3.8, 4) is 0 Å². The molecule has 1 aromatic carbocycles. The van der Waals surface area contributed by atoms with E-state index in [-0.39, 0.29) is 12.5 Å². The minimum atomic E-state index is -1.03. The van der Waals surface area contributed by atoms with Crippen LogP contribution < -0.4 is 10.6 Å². The monoisotopic (exact) mass is 266 g/mol. The van der Waals surface area contributed by atoms with Crippen LogP contribution in [0.25, 0.3) is 0 Å². The first kappa shape index (κ1) is 12.8. The molecule has 0 fully saturated rings. The van der Waals surface area contributed by atoms with Gasteiger partial charge >= 0.3 is 5.97 Å². The van der Waals surface area contributed by atoms with E-state index >= 15 is 0 Å². The maximum absolute atomic E-state index is 12.2. The molecule has 0 aromatic heterocycles. The zero-order valence-corrected chi connectivity index (χ0v) is 11.0. The Morgan fingerprint density at radius 2 is 2.17 bits per heavy atom. The van der Waals surface area contributed by atoms with Gasteiger partial charge in [-0.05, 0) is 32.0 Å². The molecule has 5 nitrogen and oxygen atoms in total. The summed E-state index contributed by atoms with van der Waals surface area (Å²) in [5.74, 6) is -1.24. The van der Waals surface area contributed by atoms with Crippen molar-refractivity contribution in [3.05, 3.63) is 18.2 Å². The second-order valence-electron chi connectivity index (χ2n) is 4.62. The molecule has 1 aliphatic heterocycles. The molecular formula is C12H14N2O3S. The maximum Gasteiger partial charge on any atom is 0.323 e.